The molecule has 3 nitrogen and oxygen atoms in total. The fourth-order valence-corrected chi connectivity index (χ4v) is 1.33. The fraction of sp³-hybridized carbons (Fsp3) is 0.182. The molecule has 2 aromatic rings. The first-order valence-electron chi connectivity index (χ1n) is 4.63. The van der Waals surface area contributed by atoms with Gasteiger partial charge < -0.3 is 10.7 Å². The topological polar surface area (TPSA) is 54.7 Å². The van der Waals surface area contributed by atoms with E-state index in [2.05, 4.69) is 9.97 Å². The molecule has 2 rings (SSSR count). The van der Waals surface area contributed by atoms with Crippen molar-refractivity contribution in [2.45, 2.75) is 13.0 Å². The van der Waals surface area contributed by atoms with E-state index in [0.29, 0.717) is 0 Å². The van der Waals surface area contributed by atoms with E-state index in [9.17, 15) is 0 Å². The molecule has 72 valence electrons. The van der Waals surface area contributed by atoms with Crippen LogP contribution in [-0.2, 0) is 0 Å². The van der Waals surface area contributed by atoms with E-state index in [1.54, 1.807) is 0 Å². The molecule has 1 atom stereocenters. The predicted molar refractivity (Wildman–Crippen MR) is 56.6 cm³/mol. The van der Waals surface area contributed by atoms with Crippen LogP contribution in [0.2, 0.25) is 0 Å². The molecule has 0 radical (unpaired) electrons. The molecule has 0 amide bonds. The monoisotopic (exact) mass is 187 g/mol. The van der Waals surface area contributed by atoms with Crippen LogP contribution in [-0.4, -0.2) is 9.97 Å². The van der Waals surface area contributed by atoms with Gasteiger partial charge in [-0.15, -0.1) is 0 Å². The van der Waals surface area contributed by atoms with E-state index in [1.165, 1.54) is 0 Å². The quantitative estimate of drug-likeness (QED) is 0.756. The molecule has 1 aromatic heterocycles. The summed E-state index contributed by atoms with van der Waals surface area (Å²) in [4.78, 5) is 7.47. The minimum Gasteiger partial charge on any atom is -0.347 e. The highest BCUT2D eigenvalue weighted by Gasteiger charge is 2.05. The normalized spacial score (nSPS) is 12.7. The van der Waals surface area contributed by atoms with Gasteiger partial charge in [-0.25, -0.2) is 4.98 Å². The predicted octanol–water partition coefficient (Wildman–Crippen LogP) is 2.10. The smallest absolute Gasteiger partial charge is 0.123 e. The van der Waals surface area contributed by atoms with Crippen molar-refractivity contribution in [3.63, 3.8) is 0 Å². The van der Waals surface area contributed by atoms with E-state index in [1.807, 2.05) is 43.5 Å². The number of H-pyrrole nitrogens is 1. The Kier molecular flexibility index (Phi) is 2.33. The summed E-state index contributed by atoms with van der Waals surface area (Å²) in [7, 11) is 0. The number of rotatable bonds is 2. The number of nitrogens with one attached hydrogen (secondary N) is 1. The number of imidazole rings is 1. The summed E-state index contributed by atoms with van der Waals surface area (Å²) in [6.07, 6.45) is 1.88. The lowest BCUT2D eigenvalue weighted by Crippen LogP contribution is -2.06. The maximum atomic E-state index is 5.71. The third-order valence-electron chi connectivity index (χ3n) is 2.10. The Bertz CT molecular complexity index is 403. The van der Waals surface area contributed by atoms with Crippen LogP contribution >= 0.6 is 0 Å². The molecule has 0 unspecified atom stereocenters. The lowest BCUT2D eigenvalue weighted by atomic mass is 10.2. The third-order valence-corrected chi connectivity index (χ3v) is 2.10. The van der Waals surface area contributed by atoms with Crippen LogP contribution < -0.4 is 5.73 Å². The number of benzene rings is 1. The summed E-state index contributed by atoms with van der Waals surface area (Å²) in [5.41, 5.74) is 7.76. The molecule has 0 saturated carbocycles. The first-order valence-corrected chi connectivity index (χ1v) is 4.63. The van der Waals surface area contributed by atoms with Crippen molar-refractivity contribution in [2.24, 2.45) is 5.73 Å². The van der Waals surface area contributed by atoms with Crippen molar-refractivity contribution >= 4 is 0 Å². The first kappa shape index (κ1) is 8.97. The zero-order valence-electron chi connectivity index (χ0n) is 8.07. The number of hydrogen-bond acceptors (Lipinski definition) is 2. The van der Waals surface area contributed by atoms with E-state index < -0.39 is 0 Å². The SMILES string of the molecule is C[C@@H](N)c1nc(-c2ccccc2)c[nH]1. The van der Waals surface area contributed by atoms with Gasteiger partial charge in [-0.3, -0.25) is 0 Å². The maximum absolute atomic E-state index is 5.71. The summed E-state index contributed by atoms with van der Waals surface area (Å²) >= 11 is 0. The van der Waals surface area contributed by atoms with Crippen LogP contribution in [0.15, 0.2) is 36.5 Å². The molecular formula is C11H13N3. The average Bonchev–Trinajstić information content (AvgIpc) is 2.68. The van der Waals surface area contributed by atoms with Gasteiger partial charge in [-0.05, 0) is 6.92 Å². The molecule has 0 aliphatic heterocycles. The Morgan fingerprint density at radius 1 is 1.29 bits per heavy atom. The molecule has 1 heterocycles. The Hall–Kier alpha value is -1.61. The van der Waals surface area contributed by atoms with Gasteiger partial charge in [0.05, 0.1) is 11.7 Å². The molecule has 0 spiro atoms. The second-order valence-electron chi connectivity index (χ2n) is 3.33. The molecular weight excluding hydrogens is 174 g/mol. The lowest BCUT2D eigenvalue weighted by molar-refractivity contribution is 0.756. The van der Waals surface area contributed by atoms with Gasteiger partial charge in [0.1, 0.15) is 5.82 Å². The number of aromatic nitrogens is 2. The highest BCUT2D eigenvalue weighted by atomic mass is 14.9. The Balaban J connectivity index is 2.34. The van der Waals surface area contributed by atoms with Crippen molar-refractivity contribution in [2.75, 3.05) is 0 Å². The highest BCUT2D eigenvalue weighted by molar-refractivity contribution is 5.58. The Morgan fingerprint density at radius 3 is 2.57 bits per heavy atom. The number of nitrogens with zero attached hydrogens (tertiary/aromatic N) is 1. The summed E-state index contributed by atoms with van der Waals surface area (Å²) < 4.78 is 0. The maximum Gasteiger partial charge on any atom is 0.123 e. The number of aromatic amines is 1. The van der Waals surface area contributed by atoms with Crippen LogP contribution in [0.3, 0.4) is 0 Å². The van der Waals surface area contributed by atoms with Gasteiger partial charge in [0.15, 0.2) is 0 Å². The van der Waals surface area contributed by atoms with Gasteiger partial charge in [-0.2, -0.15) is 0 Å². The van der Waals surface area contributed by atoms with Gasteiger partial charge in [0, 0.05) is 11.8 Å². The lowest BCUT2D eigenvalue weighted by Gasteiger charge is -1.97. The largest absolute Gasteiger partial charge is 0.347 e. The molecule has 3 N–H and O–H groups in total. The number of hydrogen-bond donors (Lipinski definition) is 2. The zero-order valence-corrected chi connectivity index (χ0v) is 8.07. The van der Waals surface area contributed by atoms with E-state index in [-0.39, 0.29) is 6.04 Å². The van der Waals surface area contributed by atoms with Crippen LogP contribution in [0.4, 0.5) is 0 Å². The van der Waals surface area contributed by atoms with Crippen molar-refractivity contribution < 1.29 is 0 Å². The number of nitrogens with two attached hydrogens (primary N) is 1. The molecule has 0 saturated heterocycles. The van der Waals surface area contributed by atoms with Crippen molar-refractivity contribution in [3.8, 4) is 11.3 Å². The molecule has 0 fully saturated rings. The third kappa shape index (κ3) is 1.67. The van der Waals surface area contributed by atoms with Crippen LogP contribution in [0.1, 0.15) is 18.8 Å². The summed E-state index contributed by atoms with van der Waals surface area (Å²) in [6, 6.07) is 9.99. The van der Waals surface area contributed by atoms with Crippen LogP contribution in [0, 0.1) is 0 Å². The zero-order chi connectivity index (χ0) is 9.97. The minimum absolute atomic E-state index is 0.0486. The molecule has 0 bridgehead atoms. The summed E-state index contributed by atoms with van der Waals surface area (Å²) in [5.74, 6) is 0.823. The molecule has 3 heteroatoms. The van der Waals surface area contributed by atoms with Crippen molar-refractivity contribution in [1.82, 2.24) is 9.97 Å². The molecule has 0 aliphatic carbocycles. The van der Waals surface area contributed by atoms with E-state index in [0.717, 1.165) is 17.1 Å². The van der Waals surface area contributed by atoms with E-state index >= 15 is 0 Å². The van der Waals surface area contributed by atoms with E-state index in [4.69, 9.17) is 5.73 Å². The Morgan fingerprint density at radius 2 is 2.00 bits per heavy atom. The van der Waals surface area contributed by atoms with Gasteiger partial charge in [0.25, 0.3) is 0 Å². The van der Waals surface area contributed by atoms with Crippen molar-refractivity contribution in [3.05, 3.63) is 42.4 Å². The minimum atomic E-state index is -0.0486. The molecule has 0 aliphatic rings. The summed E-state index contributed by atoms with van der Waals surface area (Å²) in [5, 5.41) is 0. The van der Waals surface area contributed by atoms with Gasteiger partial charge >= 0.3 is 0 Å². The van der Waals surface area contributed by atoms with Crippen LogP contribution in [0.5, 0.6) is 0 Å². The standard InChI is InChI=1S/C11H13N3/c1-8(12)11-13-7-10(14-11)9-5-3-2-4-6-9/h2-8H,12H2,1H3,(H,13,14)/t8-/m1/s1. The first-order chi connectivity index (χ1) is 6.77. The molecule has 14 heavy (non-hydrogen) atoms. The van der Waals surface area contributed by atoms with Gasteiger partial charge in [-0.1, -0.05) is 30.3 Å². The molecule has 1 aromatic carbocycles. The highest BCUT2D eigenvalue weighted by Crippen LogP contribution is 2.17. The second kappa shape index (κ2) is 3.64. The fourth-order valence-electron chi connectivity index (χ4n) is 1.33. The second-order valence-corrected chi connectivity index (χ2v) is 3.33. The van der Waals surface area contributed by atoms with Gasteiger partial charge in [0.2, 0.25) is 0 Å². The Labute approximate surface area is 83.0 Å². The average molecular weight is 187 g/mol. The summed E-state index contributed by atoms with van der Waals surface area (Å²) in [6.45, 7) is 1.91. The van der Waals surface area contributed by atoms with Crippen molar-refractivity contribution in [1.29, 1.82) is 0 Å². The van der Waals surface area contributed by atoms with Crippen LogP contribution in [0.25, 0.3) is 11.3 Å².